The molecule has 0 fully saturated rings. The zero-order valence-corrected chi connectivity index (χ0v) is 12.4. The molecule has 0 aromatic carbocycles. The first-order valence-electron chi connectivity index (χ1n) is 6.34. The summed E-state index contributed by atoms with van der Waals surface area (Å²) in [5.41, 5.74) is 3.35. The van der Waals surface area contributed by atoms with Gasteiger partial charge in [0.2, 0.25) is 0 Å². The van der Waals surface area contributed by atoms with Gasteiger partial charge in [0, 0.05) is 20.0 Å². The highest BCUT2D eigenvalue weighted by Crippen LogP contribution is 2.25. The van der Waals surface area contributed by atoms with Gasteiger partial charge in [0.25, 0.3) is 0 Å². The van der Waals surface area contributed by atoms with Crippen LogP contribution in [0.3, 0.4) is 0 Å². The monoisotopic (exact) mass is 282 g/mol. The highest BCUT2D eigenvalue weighted by molar-refractivity contribution is 6.31. The number of halogens is 1. The fourth-order valence-corrected chi connectivity index (χ4v) is 2.51. The van der Waals surface area contributed by atoms with Crippen molar-refractivity contribution in [3.05, 3.63) is 33.9 Å². The van der Waals surface area contributed by atoms with Crippen LogP contribution in [-0.2, 0) is 20.0 Å². The molecule has 0 saturated carbocycles. The summed E-state index contributed by atoms with van der Waals surface area (Å²) in [4.78, 5) is 0. The van der Waals surface area contributed by atoms with Crippen molar-refractivity contribution in [3.63, 3.8) is 0 Å². The Morgan fingerprint density at radius 2 is 2.05 bits per heavy atom. The van der Waals surface area contributed by atoms with Crippen LogP contribution in [0.2, 0.25) is 5.02 Å². The summed E-state index contributed by atoms with van der Waals surface area (Å²) in [6, 6.07) is 1.91. The predicted octanol–water partition coefficient (Wildman–Crippen LogP) is 2.18. The fourth-order valence-electron chi connectivity index (χ4n) is 2.28. The van der Waals surface area contributed by atoms with Gasteiger partial charge in [-0.15, -0.1) is 0 Å². The summed E-state index contributed by atoms with van der Waals surface area (Å²) in [6.07, 6.45) is -0.199. The van der Waals surface area contributed by atoms with E-state index in [1.54, 1.807) is 4.68 Å². The smallest absolute Gasteiger partial charge is 0.101 e. The summed E-state index contributed by atoms with van der Waals surface area (Å²) in [5.74, 6) is 0. The standard InChI is InChI=1S/C13H19ClN4O/c1-5-18-10(6-8(2)15-18)12(19)7-11-13(14)9(3)16-17(11)4/h6,12,19H,5,7H2,1-4H3. The van der Waals surface area contributed by atoms with E-state index in [2.05, 4.69) is 10.2 Å². The first-order valence-corrected chi connectivity index (χ1v) is 6.72. The molecule has 0 saturated heterocycles. The van der Waals surface area contributed by atoms with Crippen molar-refractivity contribution in [2.75, 3.05) is 0 Å². The maximum atomic E-state index is 10.4. The van der Waals surface area contributed by atoms with Gasteiger partial charge in [-0.3, -0.25) is 9.36 Å². The van der Waals surface area contributed by atoms with E-state index in [9.17, 15) is 5.11 Å². The molecule has 2 rings (SSSR count). The lowest BCUT2D eigenvalue weighted by atomic mass is 10.1. The number of aromatic nitrogens is 4. The van der Waals surface area contributed by atoms with Crippen LogP contribution in [0.4, 0.5) is 0 Å². The maximum absolute atomic E-state index is 10.4. The minimum atomic E-state index is -0.631. The second kappa shape index (κ2) is 5.35. The molecule has 1 N–H and O–H groups in total. The normalized spacial score (nSPS) is 12.9. The number of aliphatic hydroxyl groups is 1. The second-order valence-corrected chi connectivity index (χ2v) is 5.09. The van der Waals surface area contributed by atoms with E-state index in [-0.39, 0.29) is 0 Å². The summed E-state index contributed by atoms with van der Waals surface area (Å²) < 4.78 is 3.54. The minimum Gasteiger partial charge on any atom is -0.386 e. The quantitative estimate of drug-likeness (QED) is 0.935. The number of aliphatic hydroxyl groups excluding tert-OH is 1. The van der Waals surface area contributed by atoms with Crippen LogP contribution >= 0.6 is 11.6 Å². The SMILES string of the molecule is CCn1nc(C)cc1C(O)Cc1c(Cl)c(C)nn1C. The molecule has 5 nitrogen and oxygen atoms in total. The molecule has 0 bridgehead atoms. The number of aryl methyl sites for hydroxylation is 4. The predicted molar refractivity (Wildman–Crippen MR) is 74.3 cm³/mol. The summed E-state index contributed by atoms with van der Waals surface area (Å²) in [7, 11) is 1.84. The van der Waals surface area contributed by atoms with Crippen LogP contribution in [0.25, 0.3) is 0 Å². The van der Waals surface area contributed by atoms with Crippen LogP contribution in [0.1, 0.15) is 35.8 Å². The Morgan fingerprint density at radius 3 is 2.58 bits per heavy atom. The molecule has 0 aliphatic heterocycles. The lowest BCUT2D eigenvalue weighted by Crippen LogP contribution is -2.12. The summed E-state index contributed by atoms with van der Waals surface area (Å²) in [6.45, 7) is 6.52. The molecular weight excluding hydrogens is 264 g/mol. The first-order chi connectivity index (χ1) is 8.93. The molecule has 19 heavy (non-hydrogen) atoms. The highest BCUT2D eigenvalue weighted by atomic mass is 35.5. The van der Waals surface area contributed by atoms with E-state index < -0.39 is 6.10 Å². The van der Waals surface area contributed by atoms with E-state index >= 15 is 0 Å². The summed E-state index contributed by atoms with van der Waals surface area (Å²) in [5, 5.41) is 19.6. The molecule has 0 radical (unpaired) electrons. The van der Waals surface area contributed by atoms with Gasteiger partial charge in [-0.1, -0.05) is 11.6 Å². The number of hydrogen-bond donors (Lipinski definition) is 1. The van der Waals surface area contributed by atoms with Gasteiger partial charge in [-0.25, -0.2) is 0 Å². The van der Waals surface area contributed by atoms with Crippen molar-refractivity contribution in [3.8, 4) is 0 Å². The molecular formula is C13H19ClN4O. The summed E-state index contributed by atoms with van der Waals surface area (Å²) >= 11 is 6.21. The first kappa shape index (κ1) is 14.1. The zero-order chi connectivity index (χ0) is 14.2. The van der Waals surface area contributed by atoms with Gasteiger partial charge >= 0.3 is 0 Å². The van der Waals surface area contributed by atoms with Gasteiger partial charge in [-0.2, -0.15) is 10.2 Å². The van der Waals surface area contributed by atoms with E-state index in [1.807, 2.05) is 38.6 Å². The average Bonchev–Trinajstić information content (AvgIpc) is 2.85. The van der Waals surface area contributed by atoms with E-state index in [1.165, 1.54) is 0 Å². The van der Waals surface area contributed by atoms with E-state index in [0.717, 1.165) is 29.3 Å². The van der Waals surface area contributed by atoms with Crippen molar-refractivity contribution >= 4 is 11.6 Å². The third-order valence-corrected chi connectivity index (χ3v) is 3.71. The Kier molecular flexibility index (Phi) is 3.96. The molecule has 0 aliphatic rings. The number of hydrogen-bond acceptors (Lipinski definition) is 3. The van der Waals surface area contributed by atoms with Crippen LogP contribution in [-0.4, -0.2) is 24.7 Å². The zero-order valence-electron chi connectivity index (χ0n) is 11.7. The molecule has 2 heterocycles. The lowest BCUT2D eigenvalue weighted by molar-refractivity contribution is 0.164. The van der Waals surface area contributed by atoms with Crippen molar-refractivity contribution in [1.82, 2.24) is 19.6 Å². The molecule has 2 aromatic heterocycles. The Balaban J connectivity index is 2.27. The van der Waals surface area contributed by atoms with Crippen LogP contribution in [0.15, 0.2) is 6.07 Å². The molecule has 1 unspecified atom stereocenters. The fraction of sp³-hybridized carbons (Fsp3) is 0.538. The topological polar surface area (TPSA) is 55.9 Å². The largest absolute Gasteiger partial charge is 0.386 e. The Labute approximate surface area is 117 Å². The van der Waals surface area contributed by atoms with E-state index in [0.29, 0.717) is 11.4 Å². The molecule has 104 valence electrons. The molecule has 6 heteroatoms. The molecule has 1 atom stereocenters. The number of nitrogens with zero attached hydrogens (tertiary/aromatic N) is 4. The average molecular weight is 283 g/mol. The lowest BCUT2D eigenvalue weighted by Gasteiger charge is -2.12. The van der Waals surface area contributed by atoms with Gasteiger partial charge in [0.1, 0.15) is 6.10 Å². The van der Waals surface area contributed by atoms with Crippen LogP contribution in [0, 0.1) is 13.8 Å². The van der Waals surface area contributed by atoms with Crippen molar-refractivity contribution in [2.45, 2.75) is 39.8 Å². The van der Waals surface area contributed by atoms with Gasteiger partial charge in [-0.05, 0) is 26.8 Å². The Hall–Kier alpha value is -1.33. The Morgan fingerprint density at radius 1 is 1.37 bits per heavy atom. The van der Waals surface area contributed by atoms with Crippen molar-refractivity contribution in [1.29, 1.82) is 0 Å². The molecule has 0 aliphatic carbocycles. The minimum absolute atomic E-state index is 0.432. The van der Waals surface area contributed by atoms with Crippen molar-refractivity contribution < 1.29 is 5.11 Å². The van der Waals surface area contributed by atoms with Crippen LogP contribution in [0.5, 0.6) is 0 Å². The van der Waals surface area contributed by atoms with Gasteiger partial charge in [0.05, 0.1) is 27.8 Å². The van der Waals surface area contributed by atoms with Crippen LogP contribution < -0.4 is 0 Å². The Bertz CT molecular complexity index is 588. The third-order valence-electron chi connectivity index (χ3n) is 3.22. The molecule has 0 amide bonds. The third kappa shape index (κ3) is 2.67. The second-order valence-electron chi connectivity index (χ2n) is 4.72. The van der Waals surface area contributed by atoms with Crippen molar-refractivity contribution in [2.24, 2.45) is 7.05 Å². The number of rotatable bonds is 4. The molecule has 2 aromatic rings. The molecule has 0 spiro atoms. The van der Waals surface area contributed by atoms with Gasteiger partial charge < -0.3 is 5.11 Å². The maximum Gasteiger partial charge on any atom is 0.101 e. The highest BCUT2D eigenvalue weighted by Gasteiger charge is 2.19. The van der Waals surface area contributed by atoms with E-state index in [4.69, 9.17) is 11.6 Å². The van der Waals surface area contributed by atoms with Gasteiger partial charge in [0.15, 0.2) is 0 Å².